The van der Waals surface area contributed by atoms with E-state index < -0.39 is 5.72 Å². The summed E-state index contributed by atoms with van der Waals surface area (Å²) in [6, 6.07) is 2.71. The Morgan fingerprint density at radius 2 is 2.32 bits per heavy atom. The molecule has 1 spiro atoms. The molecule has 22 heavy (non-hydrogen) atoms. The van der Waals surface area contributed by atoms with E-state index in [2.05, 4.69) is 4.98 Å². The SMILES string of the molecule is O=C(c1ncccc1O)N1CC[C@@]23OCCCN2C(=O)C[C@@H]13. The van der Waals surface area contributed by atoms with Crippen LogP contribution in [0, 0.1) is 0 Å². The second-order valence-corrected chi connectivity index (χ2v) is 5.93. The first-order valence-corrected chi connectivity index (χ1v) is 7.53. The highest BCUT2D eigenvalue weighted by Crippen LogP contribution is 2.45. The Hall–Kier alpha value is -2.15. The molecule has 0 aliphatic carbocycles. The molecule has 7 nitrogen and oxygen atoms in total. The molecule has 0 saturated carbocycles. The minimum atomic E-state index is -0.671. The molecule has 2 amide bonds. The predicted octanol–water partition coefficient (Wildman–Crippen LogP) is 0.351. The molecule has 1 aromatic rings. The van der Waals surface area contributed by atoms with Crippen LogP contribution in [-0.4, -0.2) is 63.2 Å². The smallest absolute Gasteiger partial charge is 0.276 e. The van der Waals surface area contributed by atoms with Gasteiger partial charge in [0, 0.05) is 25.7 Å². The molecule has 0 unspecified atom stereocenters. The normalized spacial score (nSPS) is 30.4. The molecule has 4 rings (SSSR count). The van der Waals surface area contributed by atoms with Crippen LogP contribution in [0.25, 0.3) is 0 Å². The van der Waals surface area contributed by atoms with Crippen molar-refractivity contribution in [2.24, 2.45) is 0 Å². The first-order valence-electron chi connectivity index (χ1n) is 7.53. The average molecular weight is 303 g/mol. The van der Waals surface area contributed by atoms with Crippen LogP contribution < -0.4 is 0 Å². The van der Waals surface area contributed by atoms with Crippen LogP contribution >= 0.6 is 0 Å². The topological polar surface area (TPSA) is 83.0 Å². The Balaban J connectivity index is 1.67. The van der Waals surface area contributed by atoms with E-state index in [0.29, 0.717) is 26.1 Å². The molecule has 3 saturated heterocycles. The van der Waals surface area contributed by atoms with Gasteiger partial charge >= 0.3 is 0 Å². The second-order valence-electron chi connectivity index (χ2n) is 5.93. The lowest BCUT2D eigenvalue weighted by atomic mass is 10.0. The van der Waals surface area contributed by atoms with Gasteiger partial charge in [-0.1, -0.05) is 0 Å². The highest BCUT2D eigenvalue weighted by atomic mass is 16.5. The van der Waals surface area contributed by atoms with E-state index in [9.17, 15) is 14.7 Å². The fourth-order valence-corrected chi connectivity index (χ4v) is 3.89. The van der Waals surface area contributed by atoms with E-state index in [1.165, 1.54) is 12.3 Å². The van der Waals surface area contributed by atoms with Gasteiger partial charge in [0.05, 0.1) is 19.1 Å². The zero-order valence-corrected chi connectivity index (χ0v) is 12.1. The number of hydrogen-bond acceptors (Lipinski definition) is 5. The minimum Gasteiger partial charge on any atom is -0.505 e. The number of rotatable bonds is 1. The number of ether oxygens (including phenoxy) is 1. The van der Waals surface area contributed by atoms with Crippen molar-refractivity contribution in [2.75, 3.05) is 19.7 Å². The molecule has 0 radical (unpaired) electrons. The lowest BCUT2D eigenvalue weighted by Gasteiger charge is -2.42. The van der Waals surface area contributed by atoms with Gasteiger partial charge in [0.15, 0.2) is 11.4 Å². The molecule has 2 atom stereocenters. The Morgan fingerprint density at radius 3 is 3.14 bits per heavy atom. The number of aromatic hydroxyl groups is 1. The van der Waals surface area contributed by atoms with Crippen LogP contribution in [-0.2, 0) is 9.53 Å². The van der Waals surface area contributed by atoms with Gasteiger partial charge in [-0.2, -0.15) is 0 Å². The Morgan fingerprint density at radius 1 is 1.45 bits per heavy atom. The number of likely N-dealkylation sites (tertiary alicyclic amines) is 1. The summed E-state index contributed by atoms with van der Waals surface area (Å²) in [6.45, 7) is 1.80. The molecule has 3 aliphatic heterocycles. The summed E-state index contributed by atoms with van der Waals surface area (Å²) in [5.41, 5.74) is -0.642. The number of amides is 2. The molecule has 0 bridgehead atoms. The summed E-state index contributed by atoms with van der Waals surface area (Å²) in [4.78, 5) is 32.3. The second kappa shape index (κ2) is 4.67. The van der Waals surface area contributed by atoms with Crippen LogP contribution in [0.1, 0.15) is 29.8 Å². The average Bonchev–Trinajstić information content (AvgIpc) is 3.00. The van der Waals surface area contributed by atoms with Crippen molar-refractivity contribution in [3.05, 3.63) is 24.0 Å². The van der Waals surface area contributed by atoms with Crippen LogP contribution in [0.3, 0.4) is 0 Å². The summed E-state index contributed by atoms with van der Waals surface area (Å²) >= 11 is 0. The van der Waals surface area contributed by atoms with Crippen molar-refractivity contribution in [1.82, 2.24) is 14.8 Å². The molecule has 116 valence electrons. The molecule has 3 aliphatic rings. The van der Waals surface area contributed by atoms with Crippen molar-refractivity contribution in [1.29, 1.82) is 0 Å². The monoisotopic (exact) mass is 303 g/mol. The van der Waals surface area contributed by atoms with E-state index in [1.54, 1.807) is 15.9 Å². The summed E-state index contributed by atoms with van der Waals surface area (Å²) in [5.74, 6) is -0.449. The number of carbonyl (C=O) groups is 2. The zero-order chi connectivity index (χ0) is 15.3. The van der Waals surface area contributed by atoms with E-state index in [-0.39, 0.29) is 35.7 Å². The quantitative estimate of drug-likeness (QED) is 0.809. The van der Waals surface area contributed by atoms with Crippen molar-refractivity contribution in [3.63, 3.8) is 0 Å². The van der Waals surface area contributed by atoms with Gasteiger partial charge in [-0.15, -0.1) is 0 Å². The zero-order valence-electron chi connectivity index (χ0n) is 12.1. The van der Waals surface area contributed by atoms with Gasteiger partial charge in [0.1, 0.15) is 5.75 Å². The lowest BCUT2D eigenvalue weighted by Crippen LogP contribution is -2.56. The fraction of sp³-hybridized carbons (Fsp3) is 0.533. The molecular formula is C15H17N3O4. The maximum Gasteiger partial charge on any atom is 0.276 e. The van der Waals surface area contributed by atoms with E-state index in [0.717, 1.165) is 6.42 Å². The molecule has 4 heterocycles. The number of carbonyl (C=O) groups excluding carboxylic acids is 2. The first kappa shape index (κ1) is 13.5. The number of aromatic nitrogens is 1. The third-order valence-corrected chi connectivity index (χ3v) is 4.86. The van der Waals surface area contributed by atoms with Crippen LogP contribution in [0.2, 0.25) is 0 Å². The van der Waals surface area contributed by atoms with Gasteiger partial charge in [-0.25, -0.2) is 4.98 Å². The van der Waals surface area contributed by atoms with Gasteiger partial charge in [0.2, 0.25) is 5.91 Å². The first-order chi connectivity index (χ1) is 10.6. The number of nitrogens with zero attached hydrogens (tertiary/aromatic N) is 3. The lowest BCUT2D eigenvalue weighted by molar-refractivity contribution is -0.179. The Kier molecular flexibility index (Phi) is 2.87. The van der Waals surface area contributed by atoms with Crippen LogP contribution in [0.15, 0.2) is 18.3 Å². The molecule has 7 heteroatoms. The van der Waals surface area contributed by atoms with Gasteiger partial charge in [0.25, 0.3) is 5.91 Å². The van der Waals surface area contributed by atoms with Crippen molar-refractivity contribution >= 4 is 11.8 Å². The summed E-state index contributed by atoms with van der Waals surface area (Å²) < 4.78 is 5.96. The van der Waals surface area contributed by atoms with Crippen molar-refractivity contribution < 1.29 is 19.4 Å². The van der Waals surface area contributed by atoms with Crippen LogP contribution in [0.5, 0.6) is 5.75 Å². The summed E-state index contributed by atoms with van der Waals surface area (Å²) in [6.07, 6.45) is 3.19. The molecule has 1 aromatic heterocycles. The Labute approximate surface area is 127 Å². The Bertz CT molecular complexity index is 649. The molecule has 1 N–H and O–H groups in total. The fourth-order valence-electron chi connectivity index (χ4n) is 3.89. The summed E-state index contributed by atoms with van der Waals surface area (Å²) in [5, 5.41) is 9.85. The maximum atomic E-state index is 12.7. The van der Waals surface area contributed by atoms with Gasteiger partial charge in [-0.3, -0.25) is 9.59 Å². The number of hydrogen-bond donors (Lipinski definition) is 1. The standard InChI is InChI=1S/C15H17N3O4/c19-10-3-1-5-16-13(10)14(21)17-7-4-15-11(17)9-12(20)18(15)6-2-8-22-15/h1,3,5,11,19H,2,4,6-9H2/t11-,15+/m1/s1. The highest BCUT2D eigenvalue weighted by molar-refractivity contribution is 5.96. The molecular weight excluding hydrogens is 286 g/mol. The number of pyridine rings is 1. The van der Waals surface area contributed by atoms with Crippen LogP contribution in [0.4, 0.5) is 0 Å². The minimum absolute atomic E-state index is 0.0289. The van der Waals surface area contributed by atoms with E-state index in [4.69, 9.17) is 4.74 Å². The maximum absolute atomic E-state index is 12.7. The third-order valence-electron chi connectivity index (χ3n) is 4.86. The van der Waals surface area contributed by atoms with Crippen molar-refractivity contribution in [2.45, 2.75) is 31.0 Å². The van der Waals surface area contributed by atoms with Gasteiger partial charge < -0.3 is 19.6 Å². The highest BCUT2D eigenvalue weighted by Gasteiger charge is 2.61. The molecule has 3 fully saturated rings. The summed E-state index contributed by atoms with van der Waals surface area (Å²) in [7, 11) is 0. The largest absolute Gasteiger partial charge is 0.505 e. The third kappa shape index (κ3) is 1.68. The van der Waals surface area contributed by atoms with E-state index in [1.807, 2.05) is 0 Å². The van der Waals surface area contributed by atoms with Gasteiger partial charge in [-0.05, 0) is 18.6 Å². The predicted molar refractivity (Wildman–Crippen MR) is 75.0 cm³/mol. The van der Waals surface area contributed by atoms with E-state index >= 15 is 0 Å². The molecule has 0 aromatic carbocycles. The van der Waals surface area contributed by atoms with Crippen molar-refractivity contribution in [3.8, 4) is 5.75 Å².